The molecule has 4 atom stereocenters. The Bertz CT molecular complexity index is 3960. The summed E-state index contributed by atoms with van der Waals surface area (Å²) in [5.74, 6) is -4.89. The van der Waals surface area contributed by atoms with Crippen LogP contribution in [0.3, 0.4) is 0 Å². The summed E-state index contributed by atoms with van der Waals surface area (Å²) < 4.78 is 30.4. The largest absolute Gasteiger partial charge is 0.492 e. The summed E-state index contributed by atoms with van der Waals surface area (Å²) in [5, 5.41) is 29.7. The van der Waals surface area contributed by atoms with Crippen LogP contribution in [0.1, 0.15) is 253 Å². The second kappa shape index (κ2) is 70.5. The lowest BCUT2D eigenvalue weighted by Crippen LogP contribution is -2.43. The van der Waals surface area contributed by atoms with Gasteiger partial charge in [0.25, 0.3) is 66.7 Å². The average molecular weight is 1920 g/mol. The lowest BCUT2D eigenvalue weighted by molar-refractivity contribution is -0.139. The predicted octanol–water partition coefficient (Wildman–Crippen LogP) is 0.983. The Morgan fingerprint density at radius 1 is 0.316 bits per heavy atom. The highest BCUT2D eigenvalue weighted by Gasteiger charge is 2.26. The van der Waals surface area contributed by atoms with Gasteiger partial charge in [0, 0.05) is 131 Å². The second-order valence-corrected chi connectivity index (χ2v) is 35.2. The third-order valence-corrected chi connectivity index (χ3v) is 18.5. The summed E-state index contributed by atoms with van der Waals surface area (Å²) in [7, 11) is 0. The van der Waals surface area contributed by atoms with Crippen LogP contribution in [0.2, 0.25) is 0 Å². The molecule has 44 heteroatoms. The van der Waals surface area contributed by atoms with Gasteiger partial charge in [0.2, 0.25) is 35.4 Å². The van der Waals surface area contributed by atoms with Crippen LogP contribution in [0.25, 0.3) is 0 Å². The molecule has 0 saturated carbocycles. The van der Waals surface area contributed by atoms with Crippen molar-refractivity contribution in [3.05, 3.63) is 83.0 Å². The number of carbonyl (C=O) groups is 18. The minimum Gasteiger partial charge on any atom is -0.492 e. The van der Waals surface area contributed by atoms with Crippen molar-refractivity contribution in [1.82, 2.24) is 68.3 Å². The number of alkyl carbamates (subject to hydrolysis) is 1. The molecule has 0 radical (unpaired) electrons. The van der Waals surface area contributed by atoms with E-state index in [1.165, 1.54) is 65.6 Å². The number of nitrogens with zero attached hydrogens (tertiary/aromatic N) is 2. The number of rotatable bonds is 60. The normalized spacial score (nSPS) is 12.9. The zero-order valence-corrected chi connectivity index (χ0v) is 81.4. The quantitative estimate of drug-likeness (QED) is 0.0190. The van der Waals surface area contributed by atoms with Crippen LogP contribution >= 0.6 is 0 Å². The molecule has 0 bridgehead atoms. The molecule has 0 aromatic heterocycles. The number of imide groups is 2. The lowest BCUT2D eigenvalue weighted by atomic mass is 10.1. The fraction of sp³-hybridized carbons (Fsp3) is 0.630. The zero-order chi connectivity index (χ0) is 103. The van der Waals surface area contributed by atoms with Gasteiger partial charge >= 0.3 is 6.09 Å². The molecule has 2 aliphatic heterocycles. The topological polar surface area (TPSA) is 684 Å². The van der Waals surface area contributed by atoms with E-state index in [1.54, 1.807) is 20.8 Å². The number of amides is 15. The molecule has 25 N–H and O–H groups in total. The van der Waals surface area contributed by atoms with Crippen molar-refractivity contribution in [3.63, 3.8) is 0 Å². The van der Waals surface area contributed by atoms with Crippen molar-refractivity contribution < 1.29 is 115 Å². The molecule has 2 aromatic rings. The molecule has 136 heavy (non-hydrogen) atoms. The molecule has 2 aromatic carbocycles. The van der Waals surface area contributed by atoms with Crippen LogP contribution in [0, 0.1) is 0 Å². The van der Waals surface area contributed by atoms with Crippen molar-refractivity contribution in [2.45, 2.75) is 258 Å². The number of carbonyl (C=O) groups excluding carboxylic acids is 18. The third-order valence-electron chi connectivity index (χ3n) is 18.5. The first-order valence-electron chi connectivity index (χ1n) is 46.0. The van der Waals surface area contributed by atoms with Gasteiger partial charge in [-0.3, -0.25) is 91.3 Å². The number of hydrogen-bond acceptors (Lipinski definition) is 31. The van der Waals surface area contributed by atoms with Gasteiger partial charge in [-0.25, -0.2) is 4.79 Å². The Hall–Kier alpha value is -12.1. The highest BCUT2D eigenvalue weighted by Crippen LogP contribution is 2.21. The number of benzene rings is 2. The van der Waals surface area contributed by atoms with Gasteiger partial charge in [-0.15, -0.1) is 0 Å². The average Bonchev–Trinajstić information content (AvgIpc) is 0.887. The highest BCUT2D eigenvalue weighted by atomic mass is 16.6. The molecule has 2 unspecified atom stereocenters. The van der Waals surface area contributed by atoms with Crippen LogP contribution in [0.15, 0.2) is 60.7 Å². The Balaban J connectivity index is 0.00000221. The Morgan fingerprint density at radius 2 is 0.581 bits per heavy atom. The molecular formula is C92H154N20O24. The van der Waals surface area contributed by atoms with Crippen LogP contribution in [-0.2, 0) is 81.3 Å². The Labute approximate surface area is 798 Å². The van der Waals surface area contributed by atoms with E-state index in [2.05, 4.69) is 72.7 Å². The predicted molar refractivity (Wildman–Crippen MR) is 509 cm³/mol. The van der Waals surface area contributed by atoms with Gasteiger partial charge in [0.05, 0.1) is 37.3 Å². The zero-order valence-electron chi connectivity index (χ0n) is 81.4. The first-order chi connectivity index (χ1) is 64.1. The Morgan fingerprint density at radius 3 is 0.824 bits per heavy atom. The fourth-order valence-corrected chi connectivity index (χ4v) is 11.4. The van der Waals surface area contributed by atoms with E-state index < -0.39 is 65.4 Å². The number of unbranched alkanes of at least 4 members (excludes halogenated alkanes) is 8. The first kappa shape index (κ1) is 124. The van der Waals surface area contributed by atoms with Crippen molar-refractivity contribution in [3.8, 4) is 11.5 Å². The maximum atomic E-state index is 13.2. The van der Waals surface area contributed by atoms with Crippen molar-refractivity contribution >= 4 is 108 Å². The van der Waals surface area contributed by atoms with E-state index in [0.29, 0.717) is 136 Å². The molecule has 15 amide bonds. The van der Waals surface area contributed by atoms with Crippen molar-refractivity contribution in [1.29, 1.82) is 0 Å². The van der Waals surface area contributed by atoms with Crippen LogP contribution in [0.5, 0.6) is 11.5 Å². The van der Waals surface area contributed by atoms with Crippen LogP contribution < -0.4 is 108 Å². The molecule has 0 fully saturated rings. The minimum atomic E-state index is -0.785. The maximum Gasteiger partial charge on any atom is 0.407 e. The summed E-state index contributed by atoms with van der Waals surface area (Å²) in [6.45, 7) is 26.7. The SMILES string of the molecule is CC(C)(C)OC(=O)NCCCCC(N)C(=O)NCCNC(=O)c1cc(OCCNC(=O)CCCCCN2C(=O)C=CC2=O)cc(C(=O)NCCNC(=O)[C@@H](N)CCCCN)c1.CC(C)(C)OC=O.CC(C)(C)OC=O.CC(C)(C)OC=O.NCCCCC(N)C(=O)NCCNC(=O)c1cc(OCCNC(=O)CCCCCN2C(=O)C=CC2=O)cc(C(=O)NCCNC(=O)[C@@H](N)CCCCN)c1. The molecule has 0 aliphatic carbocycles. The summed E-state index contributed by atoms with van der Waals surface area (Å²) in [5.41, 5.74) is 39.1. The van der Waals surface area contributed by atoms with E-state index in [0.717, 1.165) is 43.4 Å². The van der Waals surface area contributed by atoms with Gasteiger partial charge in [-0.1, -0.05) is 32.1 Å². The molecule has 0 saturated heterocycles. The first-order valence-corrected chi connectivity index (χ1v) is 46.0. The fourth-order valence-electron chi connectivity index (χ4n) is 11.4. The molecule has 4 rings (SSSR count). The van der Waals surface area contributed by atoms with E-state index >= 15 is 0 Å². The van der Waals surface area contributed by atoms with E-state index in [1.807, 2.05) is 62.3 Å². The second-order valence-electron chi connectivity index (χ2n) is 35.2. The standard InChI is InChI=1S/C41H66N10O10.C36H58N10O8.3C5H10O2/c1-41(2,3)61-40(59)50-17-9-7-12-32(44)39(58)49-21-19-47-37(56)29-25-28(36(55)46-18-20-48-38(57)31(43)11-6-8-16-42)26-30(27-29)60-24-22-45-33(52)13-5-4-10-23-51-34(53)14-15-35(51)54;37-13-5-3-8-28(39)35(52)44-17-15-42-33(50)25-22-26(34(51)43-16-18-45-36(53)29(40)9-4-6-14-38)24-27(23-25)54-21-19-41-30(47)10-2-1-7-20-46-31(48)11-12-32(46)49;3*1-5(2,3)7-4-6/h14-15,25-27,31-32H,4-13,16-24,42-44H2,1-3H3,(H,45,52)(H,46,55)(H,47,56)(H,48,57)(H,49,58)(H,50,59);11-12,22-24,28-29H,1-10,13-21,37-40H2,(H,41,47)(H,42,50)(H,43,51)(H,44,52)(H,45,53);3*4H,1-3H3/t31-,32?;28-,29?;;;/m00.../s1. The van der Waals surface area contributed by atoms with E-state index in [4.69, 9.17) is 54.3 Å². The molecule has 0 spiro atoms. The van der Waals surface area contributed by atoms with Gasteiger partial charge in [0.15, 0.2) is 0 Å². The molecule has 2 aliphatic rings. The number of nitrogens with two attached hydrogens (primary N) is 7. The molecule has 44 nitrogen and oxygen atoms in total. The maximum absolute atomic E-state index is 13.2. The number of hydrogen-bond donors (Lipinski definition) is 18. The summed E-state index contributed by atoms with van der Waals surface area (Å²) >= 11 is 0. The number of nitrogens with one attached hydrogen (secondary N) is 11. The smallest absolute Gasteiger partial charge is 0.407 e. The lowest BCUT2D eigenvalue weighted by Gasteiger charge is -2.19. The van der Waals surface area contributed by atoms with Crippen molar-refractivity contribution in [2.75, 3.05) is 118 Å². The van der Waals surface area contributed by atoms with Gasteiger partial charge in [-0.05, 0) is 223 Å². The minimum absolute atomic E-state index is 0.0220. The third kappa shape index (κ3) is 63.2. The highest BCUT2D eigenvalue weighted by molar-refractivity contribution is 6.13. The Kier molecular flexibility index (Phi) is 64.3. The van der Waals surface area contributed by atoms with Crippen molar-refractivity contribution in [2.24, 2.45) is 40.1 Å². The molecule has 766 valence electrons. The van der Waals surface area contributed by atoms with Crippen LogP contribution in [-0.4, -0.2) is 283 Å². The van der Waals surface area contributed by atoms with E-state index in [9.17, 15) is 86.3 Å². The number of ether oxygens (including phenoxy) is 6. The van der Waals surface area contributed by atoms with Gasteiger partial charge < -0.3 is 127 Å². The summed E-state index contributed by atoms with van der Waals surface area (Å²) in [4.78, 5) is 216. The van der Waals surface area contributed by atoms with Gasteiger partial charge in [-0.2, -0.15) is 0 Å². The molecule has 2 heterocycles. The summed E-state index contributed by atoms with van der Waals surface area (Å²) in [6, 6.07) is 5.73. The summed E-state index contributed by atoms with van der Waals surface area (Å²) in [6.07, 6.45) is 16.1. The van der Waals surface area contributed by atoms with E-state index in [-0.39, 0.29) is 195 Å². The van der Waals surface area contributed by atoms with Crippen LogP contribution in [0.4, 0.5) is 4.79 Å². The monoisotopic (exact) mass is 1920 g/mol. The molecular weight excluding hydrogens is 1770 g/mol. The van der Waals surface area contributed by atoms with Gasteiger partial charge in [0.1, 0.15) is 47.1 Å².